The van der Waals surface area contributed by atoms with E-state index in [-0.39, 0.29) is 5.56 Å². The van der Waals surface area contributed by atoms with Crippen LogP contribution in [-0.4, -0.2) is 17.6 Å². The fourth-order valence-corrected chi connectivity index (χ4v) is 3.66. The van der Waals surface area contributed by atoms with E-state index in [0.29, 0.717) is 18.4 Å². The van der Waals surface area contributed by atoms with Crippen molar-refractivity contribution in [3.05, 3.63) is 52.6 Å². The molecule has 0 radical (unpaired) electrons. The summed E-state index contributed by atoms with van der Waals surface area (Å²) < 4.78 is 1.80. The summed E-state index contributed by atoms with van der Waals surface area (Å²) in [6, 6.07) is 9.09. The summed E-state index contributed by atoms with van der Waals surface area (Å²) in [5.41, 5.74) is 1.16. The molecule has 1 heterocycles. The molecule has 0 unspecified atom stereocenters. The summed E-state index contributed by atoms with van der Waals surface area (Å²) in [7, 11) is -1.25. The molecule has 2 aromatic rings. The smallest absolute Gasteiger partial charge is 0.293 e. The third-order valence-corrected chi connectivity index (χ3v) is 6.15. The van der Waals surface area contributed by atoms with Crippen molar-refractivity contribution in [1.82, 2.24) is 9.55 Å². The van der Waals surface area contributed by atoms with E-state index in [1.54, 1.807) is 17.0 Å². The van der Waals surface area contributed by atoms with Crippen molar-refractivity contribution in [2.75, 3.05) is 5.32 Å². The molecule has 22 heavy (non-hydrogen) atoms. The Bertz CT molecular complexity index is 712. The Morgan fingerprint density at radius 1 is 1.23 bits per heavy atom. The second-order valence-corrected chi connectivity index (χ2v) is 12.1. The van der Waals surface area contributed by atoms with Gasteiger partial charge >= 0.3 is 0 Å². The Morgan fingerprint density at radius 2 is 1.91 bits per heavy atom. The number of hydrogen-bond donors (Lipinski definition) is 1. The van der Waals surface area contributed by atoms with Crippen molar-refractivity contribution in [3.63, 3.8) is 0 Å². The minimum Gasteiger partial charge on any atom is -0.361 e. The maximum Gasteiger partial charge on any atom is 0.293 e. The molecule has 1 N–H and O–H groups in total. The molecular formula is C17H23N3OSi. The molecule has 3 rings (SSSR count). The highest BCUT2D eigenvalue weighted by atomic mass is 28.3. The predicted octanol–water partition coefficient (Wildman–Crippen LogP) is 2.74. The van der Waals surface area contributed by atoms with E-state index in [4.69, 9.17) is 0 Å². The SMILES string of the molecule is C[Si](C)(C)c1ccc(CNc2nccn(C3CC3)c2=O)cc1. The molecule has 0 bridgehead atoms. The average molecular weight is 313 g/mol. The number of rotatable bonds is 5. The normalized spacial score (nSPS) is 14.9. The summed E-state index contributed by atoms with van der Waals surface area (Å²) in [6.07, 6.45) is 5.69. The lowest BCUT2D eigenvalue weighted by Crippen LogP contribution is -2.37. The average Bonchev–Trinajstić information content (AvgIpc) is 3.30. The third kappa shape index (κ3) is 3.30. The quantitative estimate of drug-likeness (QED) is 0.863. The molecule has 1 fully saturated rings. The van der Waals surface area contributed by atoms with Gasteiger partial charge in [0.2, 0.25) is 0 Å². The first-order valence-corrected chi connectivity index (χ1v) is 11.4. The van der Waals surface area contributed by atoms with Crippen LogP contribution >= 0.6 is 0 Å². The lowest BCUT2D eigenvalue weighted by molar-refractivity contribution is 0.699. The van der Waals surface area contributed by atoms with Gasteiger partial charge in [0.25, 0.3) is 5.56 Å². The van der Waals surface area contributed by atoms with Crippen LogP contribution in [0.1, 0.15) is 24.4 Å². The van der Waals surface area contributed by atoms with Crippen LogP contribution in [0.4, 0.5) is 5.82 Å². The van der Waals surface area contributed by atoms with Gasteiger partial charge in [-0.3, -0.25) is 4.79 Å². The Kier molecular flexibility index (Phi) is 3.91. The number of aromatic nitrogens is 2. The summed E-state index contributed by atoms with van der Waals surface area (Å²) in [6.45, 7) is 7.65. The number of nitrogens with zero attached hydrogens (tertiary/aromatic N) is 2. The lowest BCUT2D eigenvalue weighted by atomic mass is 10.2. The lowest BCUT2D eigenvalue weighted by Gasteiger charge is -2.17. The van der Waals surface area contributed by atoms with E-state index in [0.717, 1.165) is 12.8 Å². The fourth-order valence-electron chi connectivity index (χ4n) is 2.49. The van der Waals surface area contributed by atoms with E-state index in [9.17, 15) is 4.79 Å². The molecule has 0 amide bonds. The molecule has 0 aliphatic heterocycles. The van der Waals surface area contributed by atoms with Crippen LogP contribution in [0.5, 0.6) is 0 Å². The molecule has 5 heteroatoms. The molecule has 1 aromatic heterocycles. The van der Waals surface area contributed by atoms with E-state index in [1.807, 2.05) is 0 Å². The molecule has 0 saturated heterocycles. The number of benzene rings is 1. The fraction of sp³-hybridized carbons (Fsp3) is 0.412. The van der Waals surface area contributed by atoms with Crippen LogP contribution in [0, 0.1) is 0 Å². The van der Waals surface area contributed by atoms with Gasteiger partial charge in [-0.1, -0.05) is 49.1 Å². The van der Waals surface area contributed by atoms with Crippen LogP contribution < -0.4 is 16.1 Å². The summed E-state index contributed by atoms with van der Waals surface area (Å²) in [4.78, 5) is 16.5. The summed E-state index contributed by atoms with van der Waals surface area (Å²) in [5.74, 6) is 0.448. The van der Waals surface area contributed by atoms with Crippen molar-refractivity contribution >= 4 is 19.1 Å². The molecule has 116 valence electrons. The zero-order valence-corrected chi connectivity index (χ0v) is 14.5. The van der Waals surface area contributed by atoms with Gasteiger partial charge < -0.3 is 9.88 Å². The van der Waals surface area contributed by atoms with Gasteiger partial charge in [0, 0.05) is 25.0 Å². The Balaban J connectivity index is 1.70. The number of nitrogens with one attached hydrogen (secondary N) is 1. The maximum atomic E-state index is 12.3. The Hall–Kier alpha value is -1.88. The highest BCUT2D eigenvalue weighted by molar-refractivity contribution is 6.88. The topological polar surface area (TPSA) is 46.9 Å². The second kappa shape index (κ2) is 5.72. The highest BCUT2D eigenvalue weighted by Crippen LogP contribution is 2.33. The third-order valence-electron chi connectivity index (χ3n) is 4.09. The molecule has 0 atom stereocenters. The predicted molar refractivity (Wildman–Crippen MR) is 93.5 cm³/mol. The van der Waals surface area contributed by atoms with Crippen LogP contribution in [0.3, 0.4) is 0 Å². The summed E-state index contributed by atoms with van der Waals surface area (Å²) in [5, 5.41) is 4.63. The maximum absolute atomic E-state index is 12.3. The van der Waals surface area contributed by atoms with Gasteiger partial charge in [-0.25, -0.2) is 4.98 Å². The second-order valence-electron chi connectivity index (χ2n) is 7.02. The Labute approximate surface area is 132 Å². The molecule has 0 spiro atoms. The van der Waals surface area contributed by atoms with Crippen molar-refractivity contribution in [2.24, 2.45) is 0 Å². The van der Waals surface area contributed by atoms with Gasteiger partial charge in [-0.2, -0.15) is 0 Å². The van der Waals surface area contributed by atoms with Crippen LogP contribution in [0.15, 0.2) is 41.5 Å². The van der Waals surface area contributed by atoms with Crippen LogP contribution in [0.25, 0.3) is 0 Å². The zero-order chi connectivity index (χ0) is 15.7. The molecule has 1 saturated carbocycles. The first-order valence-electron chi connectivity index (χ1n) is 7.85. The van der Waals surface area contributed by atoms with Crippen molar-refractivity contribution in [3.8, 4) is 0 Å². The van der Waals surface area contributed by atoms with Gasteiger partial charge in [0.15, 0.2) is 5.82 Å². The highest BCUT2D eigenvalue weighted by Gasteiger charge is 2.25. The minimum atomic E-state index is -1.25. The molecule has 1 aliphatic rings. The first kappa shape index (κ1) is 15.0. The number of hydrogen-bond acceptors (Lipinski definition) is 3. The van der Waals surface area contributed by atoms with E-state index < -0.39 is 8.07 Å². The van der Waals surface area contributed by atoms with Gasteiger partial charge in [-0.05, 0) is 18.4 Å². The van der Waals surface area contributed by atoms with Crippen molar-refractivity contribution < 1.29 is 0 Å². The van der Waals surface area contributed by atoms with Gasteiger partial charge in [-0.15, -0.1) is 0 Å². The molecule has 4 nitrogen and oxygen atoms in total. The van der Waals surface area contributed by atoms with Crippen molar-refractivity contribution in [1.29, 1.82) is 0 Å². The van der Waals surface area contributed by atoms with Gasteiger partial charge in [0.05, 0.1) is 8.07 Å². The first-order chi connectivity index (χ1) is 10.4. The van der Waals surface area contributed by atoms with Crippen LogP contribution in [-0.2, 0) is 6.54 Å². The van der Waals surface area contributed by atoms with Gasteiger partial charge in [0.1, 0.15) is 0 Å². The van der Waals surface area contributed by atoms with Crippen LogP contribution in [0.2, 0.25) is 19.6 Å². The molecule has 1 aromatic carbocycles. The Morgan fingerprint density at radius 3 is 2.50 bits per heavy atom. The van der Waals surface area contributed by atoms with E-state index in [2.05, 4.69) is 54.2 Å². The zero-order valence-electron chi connectivity index (χ0n) is 13.5. The van der Waals surface area contributed by atoms with E-state index >= 15 is 0 Å². The molecule has 1 aliphatic carbocycles. The minimum absolute atomic E-state index is 0.0104. The van der Waals surface area contributed by atoms with E-state index in [1.165, 1.54) is 10.8 Å². The van der Waals surface area contributed by atoms with Crippen molar-refractivity contribution in [2.45, 2.75) is 45.1 Å². The largest absolute Gasteiger partial charge is 0.361 e. The molecular weight excluding hydrogens is 290 g/mol. The monoisotopic (exact) mass is 313 g/mol. The number of anilines is 1. The summed E-state index contributed by atoms with van der Waals surface area (Å²) >= 11 is 0. The standard InChI is InChI=1S/C17H23N3OSi/c1-22(2,3)15-8-4-13(5-9-15)12-19-16-17(21)20(11-10-18-16)14-6-7-14/h4-5,8-11,14H,6-7,12H2,1-3H3,(H,18,19).